The summed E-state index contributed by atoms with van der Waals surface area (Å²) >= 11 is 0. The Morgan fingerprint density at radius 1 is 1.15 bits per heavy atom. The fraction of sp³-hybridized carbons (Fsp3) is 0.353. The summed E-state index contributed by atoms with van der Waals surface area (Å²) in [6, 6.07) is 5.79. The van der Waals surface area contributed by atoms with Crippen molar-refractivity contribution >= 4 is 10.0 Å². The molecule has 140 valence electrons. The van der Waals surface area contributed by atoms with Crippen LogP contribution in [0.25, 0.3) is 0 Å². The standard InChI is InChI=1S/C17H20FN3O4S/c1-19-7-9-20(10-8-19)12-13-5-6-21(17(23)16(13)22)26(24,25)15-4-2-3-14(18)11-15/h2-6,11,22H,7-10,12H2,1H3. The summed E-state index contributed by atoms with van der Waals surface area (Å²) in [4.78, 5) is 16.3. The Balaban J connectivity index is 1.91. The number of hydrogen-bond acceptors (Lipinski definition) is 6. The van der Waals surface area contributed by atoms with Crippen molar-refractivity contribution in [1.82, 2.24) is 13.8 Å². The lowest BCUT2D eigenvalue weighted by Gasteiger charge is -2.32. The Bertz CT molecular complexity index is 966. The van der Waals surface area contributed by atoms with Crippen molar-refractivity contribution < 1.29 is 17.9 Å². The molecule has 26 heavy (non-hydrogen) atoms. The first-order chi connectivity index (χ1) is 12.3. The van der Waals surface area contributed by atoms with Crippen LogP contribution < -0.4 is 5.56 Å². The third-order valence-corrected chi connectivity index (χ3v) is 6.12. The van der Waals surface area contributed by atoms with Gasteiger partial charge in [0.05, 0.1) is 4.90 Å². The fourth-order valence-electron chi connectivity index (χ4n) is 2.85. The Hall–Kier alpha value is -2.23. The molecular weight excluding hydrogens is 361 g/mol. The zero-order valence-electron chi connectivity index (χ0n) is 14.3. The highest BCUT2D eigenvalue weighted by Crippen LogP contribution is 2.18. The lowest BCUT2D eigenvalue weighted by Crippen LogP contribution is -2.44. The van der Waals surface area contributed by atoms with Gasteiger partial charge in [-0.05, 0) is 31.3 Å². The molecule has 1 aliphatic rings. The molecule has 2 aromatic rings. The summed E-state index contributed by atoms with van der Waals surface area (Å²) in [6.45, 7) is 3.70. The van der Waals surface area contributed by atoms with Gasteiger partial charge in [-0.25, -0.2) is 16.8 Å². The van der Waals surface area contributed by atoms with E-state index in [2.05, 4.69) is 9.80 Å². The first kappa shape index (κ1) is 18.6. The molecule has 7 nitrogen and oxygen atoms in total. The van der Waals surface area contributed by atoms with Gasteiger partial charge in [0.25, 0.3) is 10.0 Å². The lowest BCUT2D eigenvalue weighted by atomic mass is 10.2. The maximum Gasteiger partial charge on any atom is 0.306 e. The van der Waals surface area contributed by atoms with Crippen LogP contribution in [-0.2, 0) is 16.6 Å². The number of aromatic nitrogens is 1. The van der Waals surface area contributed by atoms with Crippen LogP contribution in [0.4, 0.5) is 4.39 Å². The highest BCUT2D eigenvalue weighted by Gasteiger charge is 2.23. The Labute approximate surface area is 151 Å². The summed E-state index contributed by atoms with van der Waals surface area (Å²) in [7, 11) is -2.27. The molecule has 1 fully saturated rings. The van der Waals surface area contributed by atoms with Crippen molar-refractivity contribution in [3.05, 3.63) is 58.3 Å². The van der Waals surface area contributed by atoms with Gasteiger partial charge in [0.15, 0.2) is 5.75 Å². The Kier molecular flexibility index (Phi) is 5.12. The molecule has 9 heteroatoms. The fourth-order valence-corrected chi connectivity index (χ4v) is 4.12. The minimum atomic E-state index is -4.29. The normalized spacial score (nSPS) is 16.7. The molecule has 1 aliphatic heterocycles. The molecule has 1 aromatic heterocycles. The van der Waals surface area contributed by atoms with Crippen molar-refractivity contribution in [2.24, 2.45) is 0 Å². The highest BCUT2D eigenvalue weighted by molar-refractivity contribution is 7.90. The van der Waals surface area contributed by atoms with Gasteiger partial charge in [-0.1, -0.05) is 6.07 Å². The average Bonchev–Trinajstić information content (AvgIpc) is 2.61. The molecule has 0 saturated carbocycles. The molecule has 0 atom stereocenters. The van der Waals surface area contributed by atoms with E-state index in [4.69, 9.17) is 0 Å². The summed E-state index contributed by atoms with van der Waals surface area (Å²) in [5.74, 6) is -1.33. The predicted octanol–water partition coefficient (Wildman–Crippen LogP) is 0.677. The van der Waals surface area contributed by atoms with Crippen LogP contribution in [0.5, 0.6) is 5.75 Å². The highest BCUT2D eigenvalue weighted by atomic mass is 32.2. The van der Waals surface area contributed by atoms with Crippen LogP contribution in [0.2, 0.25) is 0 Å². The van der Waals surface area contributed by atoms with Crippen LogP contribution in [0.1, 0.15) is 5.56 Å². The van der Waals surface area contributed by atoms with Gasteiger partial charge in [0, 0.05) is 44.5 Å². The topological polar surface area (TPSA) is 82.8 Å². The molecule has 1 aromatic carbocycles. The van der Waals surface area contributed by atoms with E-state index >= 15 is 0 Å². The quantitative estimate of drug-likeness (QED) is 0.839. The Morgan fingerprint density at radius 2 is 1.85 bits per heavy atom. The van der Waals surface area contributed by atoms with Crippen LogP contribution >= 0.6 is 0 Å². The molecule has 0 aliphatic carbocycles. The first-order valence-electron chi connectivity index (χ1n) is 8.14. The number of aromatic hydroxyl groups is 1. The number of hydrogen-bond donors (Lipinski definition) is 1. The van der Waals surface area contributed by atoms with E-state index < -0.39 is 27.1 Å². The maximum atomic E-state index is 13.3. The molecule has 0 amide bonds. The summed E-state index contributed by atoms with van der Waals surface area (Å²) in [6.07, 6.45) is 1.10. The smallest absolute Gasteiger partial charge is 0.306 e. The van der Waals surface area contributed by atoms with Gasteiger partial charge in [0.2, 0.25) is 0 Å². The summed E-state index contributed by atoms with van der Waals surface area (Å²) in [5.41, 5.74) is -0.675. The SMILES string of the molecule is CN1CCN(Cc2ccn(S(=O)(=O)c3cccc(F)c3)c(=O)c2O)CC1. The molecule has 0 radical (unpaired) electrons. The molecule has 0 unspecified atom stereocenters. The minimum Gasteiger partial charge on any atom is -0.503 e. The zero-order valence-corrected chi connectivity index (χ0v) is 15.1. The molecule has 2 heterocycles. The number of halogens is 1. The zero-order chi connectivity index (χ0) is 18.9. The van der Waals surface area contributed by atoms with Crippen molar-refractivity contribution in [2.45, 2.75) is 11.4 Å². The van der Waals surface area contributed by atoms with Crippen LogP contribution in [0.15, 0.2) is 46.2 Å². The third kappa shape index (κ3) is 3.64. The average molecular weight is 381 g/mol. The second kappa shape index (κ2) is 7.18. The van der Waals surface area contributed by atoms with Crippen molar-refractivity contribution in [3.8, 4) is 5.75 Å². The molecular formula is C17H20FN3O4S. The van der Waals surface area contributed by atoms with Crippen LogP contribution in [0, 0.1) is 5.82 Å². The van der Waals surface area contributed by atoms with Gasteiger partial charge < -0.3 is 10.0 Å². The molecule has 0 bridgehead atoms. The summed E-state index contributed by atoms with van der Waals surface area (Å²) < 4.78 is 38.9. The molecule has 0 spiro atoms. The van der Waals surface area contributed by atoms with Crippen LogP contribution in [-0.4, -0.2) is 60.5 Å². The largest absolute Gasteiger partial charge is 0.503 e. The van der Waals surface area contributed by atoms with E-state index in [1.54, 1.807) is 0 Å². The number of pyridine rings is 1. The minimum absolute atomic E-state index is 0.356. The van der Waals surface area contributed by atoms with Crippen LogP contribution in [0.3, 0.4) is 0 Å². The number of rotatable bonds is 4. The monoisotopic (exact) mass is 381 g/mol. The number of nitrogens with zero attached hydrogens (tertiary/aromatic N) is 3. The van der Waals surface area contributed by atoms with Crippen molar-refractivity contribution in [1.29, 1.82) is 0 Å². The third-order valence-electron chi connectivity index (χ3n) is 4.46. The van der Waals surface area contributed by atoms with E-state index in [0.29, 0.717) is 16.1 Å². The Morgan fingerprint density at radius 3 is 2.50 bits per heavy atom. The number of likely N-dealkylation sites (N-methyl/N-ethyl adjacent to an activating group) is 1. The van der Waals surface area contributed by atoms with Crippen molar-refractivity contribution in [2.75, 3.05) is 33.2 Å². The van der Waals surface area contributed by atoms with E-state index in [1.807, 2.05) is 7.05 Å². The van der Waals surface area contributed by atoms with Gasteiger partial charge >= 0.3 is 5.56 Å². The number of benzene rings is 1. The summed E-state index contributed by atoms with van der Waals surface area (Å²) in [5, 5.41) is 10.2. The number of piperazine rings is 1. The van der Waals surface area contributed by atoms with Crippen molar-refractivity contribution in [3.63, 3.8) is 0 Å². The van der Waals surface area contributed by atoms with E-state index in [0.717, 1.165) is 44.5 Å². The lowest BCUT2D eigenvalue weighted by molar-refractivity contribution is 0.147. The predicted molar refractivity (Wildman–Crippen MR) is 94.1 cm³/mol. The van der Waals surface area contributed by atoms with Gasteiger partial charge in [-0.2, -0.15) is 0 Å². The molecule has 1 N–H and O–H groups in total. The molecule has 3 rings (SSSR count). The second-order valence-corrected chi connectivity index (χ2v) is 8.15. The second-order valence-electron chi connectivity index (χ2n) is 6.33. The van der Waals surface area contributed by atoms with Gasteiger partial charge in [-0.15, -0.1) is 0 Å². The van der Waals surface area contributed by atoms with Gasteiger partial charge in [-0.3, -0.25) is 9.69 Å². The molecule has 1 saturated heterocycles. The van der Waals surface area contributed by atoms with Gasteiger partial charge in [0.1, 0.15) is 5.82 Å². The van der Waals surface area contributed by atoms with E-state index in [1.165, 1.54) is 18.2 Å². The maximum absolute atomic E-state index is 13.3. The first-order valence-corrected chi connectivity index (χ1v) is 9.58. The van der Waals surface area contributed by atoms with E-state index in [-0.39, 0.29) is 4.90 Å². The van der Waals surface area contributed by atoms with E-state index in [9.17, 15) is 22.7 Å².